The molecule has 0 saturated carbocycles. The van der Waals surface area contributed by atoms with Crippen molar-refractivity contribution in [2.75, 3.05) is 11.4 Å². The lowest BCUT2D eigenvalue weighted by atomic mass is 10.1. The van der Waals surface area contributed by atoms with Crippen LogP contribution in [0, 0.1) is 0 Å². The van der Waals surface area contributed by atoms with E-state index in [-0.39, 0.29) is 5.84 Å². The highest BCUT2D eigenvalue weighted by Gasteiger charge is 2.08. The fourth-order valence-electron chi connectivity index (χ4n) is 1.73. The summed E-state index contributed by atoms with van der Waals surface area (Å²) in [5.74, 6) is 0.138. The Morgan fingerprint density at radius 1 is 1.38 bits per heavy atom. The second-order valence-electron chi connectivity index (χ2n) is 3.91. The summed E-state index contributed by atoms with van der Waals surface area (Å²) in [4.78, 5) is 2.27. The lowest BCUT2D eigenvalue weighted by Gasteiger charge is -2.27. The summed E-state index contributed by atoms with van der Waals surface area (Å²) in [5, 5.41) is 11.5. The Balaban J connectivity index is 2.94. The molecule has 0 aromatic heterocycles. The number of oxime groups is 1. The van der Waals surface area contributed by atoms with E-state index in [9.17, 15) is 0 Å². The van der Waals surface area contributed by atoms with Gasteiger partial charge in [0.25, 0.3) is 0 Å². The van der Waals surface area contributed by atoms with E-state index < -0.39 is 0 Å². The van der Waals surface area contributed by atoms with Crippen LogP contribution in [0.1, 0.15) is 26.3 Å². The number of amidine groups is 1. The third-order valence-electron chi connectivity index (χ3n) is 2.57. The first-order valence-corrected chi connectivity index (χ1v) is 5.44. The van der Waals surface area contributed by atoms with E-state index in [4.69, 9.17) is 10.9 Å². The van der Waals surface area contributed by atoms with Gasteiger partial charge in [0.1, 0.15) is 0 Å². The highest BCUT2D eigenvalue weighted by Crippen LogP contribution is 2.17. The van der Waals surface area contributed by atoms with Crippen molar-refractivity contribution < 1.29 is 5.21 Å². The fourth-order valence-corrected chi connectivity index (χ4v) is 1.73. The quantitative estimate of drug-likeness (QED) is 0.354. The van der Waals surface area contributed by atoms with Crippen LogP contribution in [0.5, 0.6) is 0 Å². The molecule has 88 valence electrons. The van der Waals surface area contributed by atoms with Gasteiger partial charge in [-0.15, -0.1) is 0 Å². The van der Waals surface area contributed by atoms with Gasteiger partial charge in [-0.25, -0.2) is 0 Å². The minimum absolute atomic E-state index is 0.138. The molecule has 0 heterocycles. The monoisotopic (exact) mass is 221 g/mol. The summed E-state index contributed by atoms with van der Waals surface area (Å²) in [6.07, 6.45) is 0. The lowest BCUT2D eigenvalue weighted by molar-refractivity contribution is 0.318. The van der Waals surface area contributed by atoms with Crippen molar-refractivity contribution >= 4 is 11.5 Å². The van der Waals surface area contributed by atoms with E-state index in [1.807, 2.05) is 24.3 Å². The molecule has 0 aliphatic carbocycles. The molecule has 0 unspecified atom stereocenters. The van der Waals surface area contributed by atoms with Crippen LogP contribution in [-0.4, -0.2) is 23.6 Å². The number of anilines is 1. The molecule has 16 heavy (non-hydrogen) atoms. The van der Waals surface area contributed by atoms with E-state index in [0.29, 0.717) is 6.04 Å². The van der Waals surface area contributed by atoms with Crippen LogP contribution in [0.15, 0.2) is 29.4 Å². The standard InChI is InChI=1S/C12H19N3O/c1-4-15(9(2)3)11-7-5-10(6-8-11)12(13)14-16/h5-9,16H,4H2,1-3H3,(H2,13,14). The Bertz CT molecular complexity index is 357. The third kappa shape index (κ3) is 2.66. The van der Waals surface area contributed by atoms with E-state index in [2.05, 4.69) is 30.8 Å². The molecular weight excluding hydrogens is 202 g/mol. The van der Waals surface area contributed by atoms with Gasteiger partial charge in [-0.1, -0.05) is 5.16 Å². The van der Waals surface area contributed by atoms with Crippen molar-refractivity contribution in [1.29, 1.82) is 0 Å². The second-order valence-corrected chi connectivity index (χ2v) is 3.91. The second kappa shape index (κ2) is 5.39. The molecule has 4 heteroatoms. The van der Waals surface area contributed by atoms with Gasteiger partial charge in [0, 0.05) is 23.8 Å². The maximum absolute atomic E-state index is 8.55. The van der Waals surface area contributed by atoms with Gasteiger partial charge in [0.15, 0.2) is 5.84 Å². The highest BCUT2D eigenvalue weighted by molar-refractivity contribution is 5.97. The van der Waals surface area contributed by atoms with Crippen LogP contribution >= 0.6 is 0 Å². The number of benzene rings is 1. The van der Waals surface area contributed by atoms with Crippen molar-refractivity contribution in [3.8, 4) is 0 Å². The van der Waals surface area contributed by atoms with Crippen LogP contribution in [0.2, 0.25) is 0 Å². The molecule has 0 amide bonds. The third-order valence-corrected chi connectivity index (χ3v) is 2.57. The Morgan fingerprint density at radius 3 is 2.31 bits per heavy atom. The van der Waals surface area contributed by atoms with Gasteiger partial charge in [-0.3, -0.25) is 0 Å². The molecule has 0 saturated heterocycles. The zero-order chi connectivity index (χ0) is 12.1. The number of rotatable bonds is 4. The van der Waals surface area contributed by atoms with Crippen molar-refractivity contribution in [2.45, 2.75) is 26.8 Å². The van der Waals surface area contributed by atoms with Crippen LogP contribution in [0.4, 0.5) is 5.69 Å². The van der Waals surface area contributed by atoms with E-state index >= 15 is 0 Å². The average Bonchev–Trinajstić information content (AvgIpc) is 2.29. The molecule has 0 atom stereocenters. The minimum Gasteiger partial charge on any atom is -0.409 e. The summed E-state index contributed by atoms with van der Waals surface area (Å²) in [6, 6.07) is 8.14. The zero-order valence-electron chi connectivity index (χ0n) is 10.0. The topological polar surface area (TPSA) is 61.8 Å². The molecule has 0 fully saturated rings. The smallest absolute Gasteiger partial charge is 0.170 e. The number of hydrogen-bond acceptors (Lipinski definition) is 3. The average molecular weight is 221 g/mol. The predicted molar refractivity (Wildman–Crippen MR) is 67.1 cm³/mol. The minimum atomic E-state index is 0.138. The van der Waals surface area contributed by atoms with E-state index in [1.54, 1.807) is 0 Å². The number of hydrogen-bond donors (Lipinski definition) is 2. The first-order chi connectivity index (χ1) is 7.60. The maximum Gasteiger partial charge on any atom is 0.170 e. The summed E-state index contributed by atoms with van der Waals surface area (Å²) in [6.45, 7) is 7.39. The summed E-state index contributed by atoms with van der Waals surface area (Å²) in [5.41, 5.74) is 7.37. The summed E-state index contributed by atoms with van der Waals surface area (Å²) >= 11 is 0. The molecular formula is C12H19N3O. The van der Waals surface area contributed by atoms with Gasteiger partial charge < -0.3 is 15.8 Å². The lowest BCUT2D eigenvalue weighted by Crippen LogP contribution is -2.30. The Morgan fingerprint density at radius 2 is 1.94 bits per heavy atom. The molecule has 0 spiro atoms. The number of nitrogens with zero attached hydrogens (tertiary/aromatic N) is 2. The van der Waals surface area contributed by atoms with Gasteiger partial charge in [0.05, 0.1) is 0 Å². The molecule has 1 aromatic carbocycles. The molecule has 0 aliphatic rings. The molecule has 3 N–H and O–H groups in total. The summed E-state index contributed by atoms with van der Waals surface area (Å²) in [7, 11) is 0. The summed E-state index contributed by atoms with van der Waals surface area (Å²) < 4.78 is 0. The van der Waals surface area contributed by atoms with Crippen LogP contribution < -0.4 is 10.6 Å². The largest absolute Gasteiger partial charge is 0.409 e. The van der Waals surface area contributed by atoms with Crippen LogP contribution in [-0.2, 0) is 0 Å². The maximum atomic E-state index is 8.55. The first kappa shape index (κ1) is 12.4. The molecule has 1 rings (SSSR count). The van der Waals surface area contributed by atoms with Crippen molar-refractivity contribution in [1.82, 2.24) is 0 Å². The number of nitrogens with two attached hydrogens (primary N) is 1. The molecule has 4 nitrogen and oxygen atoms in total. The predicted octanol–water partition coefficient (Wildman–Crippen LogP) is 2.02. The SMILES string of the molecule is CCN(c1ccc(/C(N)=N/O)cc1)C(C)C. The molecule has 1 aromatic rings. The van der Waals surface area contributed by atoms with Gasteiger partial charge in [0.2, 0.25) is 0 Å². The Kier molecular flexibility index (Phi) is 4.17. The van der Waals surface area contributed by atoms with Crippen molar-refractivity contribution in [3.05, 3.63) is 29.8 Å². The molecule has 0 aliphatic heterocycles. The van der Waals surface area contributed by atoms with E-state index in [0.717, 1.165) is 17.8 Å². The zero-order valence-corrected chi connectivity index (χ0v) is 10.0. The van der Waals surface area contributed by atoms with Crippen molar-refractivity contribution in [3.63, 3.8) is 0 Å². The van der Waals surface area contributed by atoms with Crippen LogP contribution in [0.25, 0.3) is 0 Å². The van der Waals surface area contributed by atoms with Crippen LogP contribution in [0.3, 0.4) is 0 Å². The van der Waals surface area contributed by atoms with Crippen molar-refractivity contribution in [2.24, 2.45) is 10.9 Å². The van der Waals surface area contributed by atoms with Gasteiger partial charge >= 0.3 is 0 Å². The first-order valence-electron chi connectivity index (χ1n) is 5.44. The molecule has 0 bridgehead atoms. The molecule has 0 radical (unpaired) electrons. The normalized spacial score (nSPS) is 11.9. The Hall–Kier alpha value is -1.71. The highest BCUT2D eigenvalue weighted by atomic mass is 16.4. The fraction of sp³-hybridized carbons (Fsp3) is 0.417. The van der Waals surface area contributed by atoms with Gasteiger partial charge in [-0.05, 0) is 45.0 Å². The van der Waals surface area contributed by atoms with E-state index in [1.165, 1.54) is 0 Å². The van der Waals surface area contributed by atoms with Gasteiger partial charge in [-0.2, -0.15) is 0 Å². The Labute approximate surface area is 96.4 Å².